The molecule has 3 aromatic rings. The number of aryl methyl sites for hydroxylation is 1. The van der Waals surface area contributed by atoms with Gasteiger partial charge >= 0.3 is 0 Å². The lowest BCUT2D eigenvalue weighted by atomic mass is 10.1. The van der Waals surface area contributed by atoms with Crippen LogP contribution in [-0.2, 0) is 14.8 Å². The van der Waals surface area contributed by atoms with Crippen molar-refractivity contribution in [2.75, 3.05) is 11.3 Å². The number of nitrogens with one attached hydrogen (secondary N) is 2. The number of hydrogen-bond donors (Lipinski definition) is 2. The van der Waals surface area contributed by atoms with Crippen molar-refractivity contribution in [1.82, 2.24) is 5.43 Å². The Kier molecular flexibility index (Phi) is 6.32. The van der Waals surface area contributed by atoms with Crippen molar-refractivity contribution in [2.45, 2.75) is 24.8 Å². The van der Waals surface area contributed by atoms with E-state index in [0.717, 1.165) is 11.1 Å². The van der Waals surface area contributed by atoms with Crippen LogP contribution in [0, 0.1) is 6.92 Å². The molecule has 8 nitrogen and oxygen atoms in total. The molecule has 33 heavy (non-hydrogen) atoms. The van der Waals surface area contributed by atoms with Gasteiger partial charge in [-0.1, -0.05) is 42.0 Å². The first-order valence-corrected chi connectivity index (χ1v) is 11.7. The number of carbonyl (C=O) groups is 1. The van der Waals surface area contributed by atoms with Crippen LogP contribution >= 0.6 is 0 Å². The van der Waals surface area contributed by atoms with Crippen molar-refractivity contribution in [3.8, 4) is 11.5 Å². The standard InChI is InChI=1S/C24H23N3O5S/c1-16-7-13-20(14-8-16)33(29,30)27-19-11-9-18(10-12-19)17(2)25-26-24(28)23-15-31-21-5-3-4-6-22(21)32-23/h3-14,23,27H,15H2,1-2H3,(H,26,28)/b25-17+. The van der Waals surface area contributed by atoms with Crippen LogP contribution < -0.4 is 19.6 Å². The van der Waals surface area contributed by atoms with Crippen LogP contribution in [-0.4, -0.2) is 32.7 Å². The van der Waals surface area contributed by atoms with Crippen molar-refractivity contribution in [2.24, 2.45) is 5.10 Å². The highest BCUT2D eigenvalue weighted by atomic mass is 32.2. The molecule has 0 saturated heterocycles. The van der Waals surface area contributed by atoms with Gasteiger partial charge in [-0.25, -0.2) is 13.8 Å². The van der Waals surface area contributed by atoms with E-state index in [-0.39, 0.29) is 11.5 Å². The number of amides is 1. The summed E-state index contributed by atoms with van der Waals surface area (Å²) in [5.74, 6) is 0.680. The molecule has 0 bridgehead atoms. The monoisotopic (exact) mass is 465 g/mol. The maximum absolute atomic E-state index is 12.5. The van der Waals surface area contributed by atoms with Gasteiger partial charge in [-0.3, -0.25) is 9.52 Å². The molecule has 0 saturated carbocycles. The Labute approximate surface area is 192 Å². The lowest BCUT2D eigenvalue weighted by Crippen LogP contribution is -2.42. The second-order valence-electron chi connectivity index (χ2n) is 7.53. The number of nitrogens with zero attached hydrogens (tertiary/aromatic N) is 1. The van der Waals surface area contributed by atoms with Gasteiger partial charge in [-0.15, -0.1) is 0 Å². The summed E-state index contributed by atoms with van der Waals surface area (Å²) in [4.78, 5) is 12.6. The van der Waals surface area contributed by atoms with Crippen molar-refractivity contribution in [1.29, 1.82) is 0 Å². The SMILES string of the molecule is C/C(=N\NC(=O)C1COc2ccccc2O1)c1ccc(NS(=O)(=O)c2ccc(C)cc2)cc1. The van der Waals surface area contributed by atoms with Gasteiger partial charge in [0, 0.05) is 5.69 Å². The second kappa shape index (κ2) is 9.33. The molecule has 0 fully saturated rings. The van der Waals surface area contributed by atoms with Gasteiger partial charge in [-0.2, -0.15) is 5.10 Å². The molecule has 3 aromatic carbocycles. The van der Waals surface area contributed by atoms with Crippen LogP contribution in [0.25, 0.3) is 0 Å². The van der Waals surface area contributed by atoms with E-state index in [9.17, 15) is 13.2 Å². The molecule has 2 N–H and O–H groups in total. The average molecular weight is 466 g/mol. The number of rotatable bonds is 6. The molecule has 170 valence electrons. The van der Waals surface area contributed by atoms with E-state index < -0.39 is 22.0 Å². The van der Waals surface area contributed by atoms with E-state index in [2.05, 4.69) is 15.2 Å². The summed E-state index contributed by atoms with van der Waals surface area (Å²) in [7, 11) is -3.68. The zero-order valence-corrected chi connectivity index (χ0v) is 18.9. The van der Waals surface area contributed by atoms with Gasteiger partial charge < -0.3 is 9.47 Å². The summed E-state index contributed by atoms with van der Waals surface area (Å²) < 4.78 is 38.8. The molecule has 1 unspecified atom stereocenters. The fourth-order valence-electron chi connectivity index (χ4n) is 3.14. The summed E-state index contributed by atoms with van der Waals surface area (Å²) >= 11 is 0. The highest BCUT2D eigenvalue weighted by Gasteiger charge is 2.27. The van der Waals surface area contributed by atoms with Crippen LogP contribution in [0.2, 0.25) is 0 Å². The summed E-state index contributed by atoms with van der Waals surface area (Å²) in [6.07, 6.45) is -0.810. The predicted molar refractivity (Wildman–Crippen MR) is 125 cm³/mol. The van der Waals surface area contributed by atoms with Crippen LogP contribution in [0.15, 0.2) is 82.8 Å². The van der Waals surface area contributed by atoms with Crippen LogP contribution in [0.3, 0.4) is 0 Å². The third kappa shape index (κ3) is 5.32. The number of hydrazone groups is 1. The minimum absolute atomic E-state index is 0.0905. The molecule has 1 atom stereocenters. The number of sulfonamides is 1. The number of benzene rings is 3. The maximum atomic E-state index is 12.5. The Hall–Kier alpha value is -3.85. The zero-order valence-electron chi connectivity index (χ0n) is 18.1. The van der Waals surface area contributed by atoms with Gasteiger partial charge in [0.1, 0.15) is 6.61 Å². The fraction of sp³-hybridized carbons (Fsp3) is 0.167. The largest absolute Gasteiger partial charge is 0.485 e. The molecule has 9 heteroatoms. The van der Waals surface area contributed by atoms with Gasteiger partial charge in [0.25, 0.3) is 15.9 Å². The number of anilines is 1. The number of carbonyl (C=O) groups excluding carboxylic acids is 1. The quantitative estimate of drug-likeness (QED) is 0.428. The van der Waals surface area contributed by atoms with Crippen LogP contribution in [0.1, 0.15) is 18.1 Å². The fourth-order valence-corrected chi connectivity index (χ4v) is 4.19. The molecule has 1 aliphatic heterocycles. The number of ether oxygens (including phenoxy) is 2. The molecule has 0 spiro atoms. The van der Waals surface area contributed by atoms with E-state index in [4.69, 9.17) is 9.47 Å². The first-order valence-electron chi connectivity index (χ1n) is 10.2. The van der Waals surface area contributed by atoms with Gasteiger partial charge in [0.2, 0.25) is 6.10 Å². The summed E-state index contributed by atoms with van der Waals surface area (Å²) in [5.41, 5.74) is 5.16. The topological polar surface area (TPSA) is 106 Å². The molecular weight excluding hydrogens is 442 g/mol. The number of para-hydroxylation sites is 2. The average Bonchev–Trinajstić information content (AvgIpc) is 2.82. The molecule has 0 aliphatic carbocycles. The summed E-state index contributed by atoms with van der Waals surface area (Å²) in [6.45, 7) is 3.72. The lowest BCUT2D eigenvalue weighted by Gasteiger charge is -2.24. The lowest BCUT2D eigenvalue weighted by molar-refractivity contribution is -0.130. The van der Waals surface area contributed by atoms with Crippen molar-refractivity contribution >= 4 is 27.3 Å². The molecule has 1 amide bonds. The summed E-state index contributed by atoms with van der Waals surface area (Å²) in [6, 6.07) is 20.5. The third-order valence-electron chi connectivity index (χ3n) is 5.02. The number of fused-ring (bicyclic) bond motifs is 1. The third-order valence-corrected chi connectivity index (χ3v) is 6.42. The summed E-state index contributed by atoms with van der Waals surface area (Å²) in [5, 5.41) is 4.13. The van der Waals surface area contributed by atoms with Crippen LogP contribution in [0.4, 0.5) is 5.69 Å². The van der Waals surface area contributed by atoms with Crippen molar-refractivity contribution < 1.29 is 22.7 Å². The highest BCUT2D eigenvalue weighted by Crippen LogP contribution is 2.30. The Morgan fingerprint density at radius 3 is 2.33 bits per heavy atom. The Morgan fingerprint density at radius 1 is 0.970 bits per heavy atom. The Bertz CT molecular complexity index is 1290. The smallest absolute Gasteiger partial charge is 0.284 e. The first-order chi connectivity index (χ1) is 15.8. The molecule has 0 radical (unpaired) electrons. The second-order valence-corrected chi connectivity index (χ2v) is 9.22. The zero-order chi connectivity index (χ0) is 23.4. The predicted octanol–water partition coefficient (Wildman–Crippen LogP) is 3.48. The van der Waals surface area contributed by atoms with E-state index in [1.54, 1.807) is 73.7 Å². The minimum Gasteiger partial charge on any atom is -0.485 e. The Balaban J connectivity index is 1.37. The molecule has 4 rings (SSSR count). The molecule has 1 aliphatic rings. The van der Waals surface area contributed by atoms with Gasteiger partial charge in [-0.05, 0) is 55.8 Å². The van der Waals surface area contributed by atoms with E-state index >= 15 is 0 Å². The van der Waals surface area contributed by atoms with Gasteiger partial charge in [0.05, 0.1) is 10.6 Å². The highest BCUT2D eigenvalue weighted by molar-refractivity contribution is 7.92. The number of hydrogen-bond acceptors (Lipinski definition) is 6. The Morgan fingerprint density at radius 2 is 1.64 bits per heavy atom. The van der Waals surface area contributed by atoms with Crippen molar-refractivity contribution in [3.63, 3.8) is 0 Å². The van der Waals surface area contributed by atoms with E-state index in [1.807, 2.05) is 13.0 Å². The minimum atomic E-state index is -3.68. The molecular formula is C24H23N3O5S. The maximum Gasteiger partial charge on any atom is 0.284 e. The van der Waals surface area contributed by atoms with E-state index in [0.29, 0.717) is 22.9 Å². The van der Waals surface area contributed by atoms with Crippen LogP contribution in [0.5, 0.6) is 11.5 Å². The first kappa shape index (κ1) is 22.3. The van der Waals surface area contributed by atoms with Crippen molar-refractivity contribution in [3.05, 3.63) is 83.9 Å². The molecule has 1 heterocycles. The van der Waals surface area contributed by atoms with Gasteiger partial charge in [0.15, 0.2) is 11.5 Å². The molecule has 0 aromatic heterocycles. The van der Waals surface area contributed by atoms with E-state index in [1.165, 1.54) is 0 Å². The normalized spacial score (nSPS) is 15.6.